The van der Waals surface area contributed by atoms with Gasteiger partial charge < -0.3 is 14.7 Å². The number of hydrogen-bond donors (Lipinski definition) is 1. The van der Waals surface area contributed by atoms with Crippen LogP contribution in [0.25, 0.3) is 0 Å². The Hall–Kier alpha value is -0.610. The molecule has 0 rings (SSSR count). The predicted molar refractivity (Wildman–Crippen MR) is 41.2 cm³/mol. The first kappa shape index (κ1) is 10.4. The Bertz CT molecular complexity index is 114. The highest BCUT2D eigenvalue weighted by atomic mass is 16.5. The van der Waals surface area contributed by atoms with Crippen LogP contribution in [-0.4, -0.2) is 49.8 Å². The second-order valence-electron chi connectivity index (χ2n) is 2.50. The molecule has 0 saturated carbocycles. The zero-order valence-corrected chi connectivity index (χ0v) is 7.04. The van der Waals surface area contributed by atoms with Gasteiger partial charge in [-0.1, -0.05) is 0 Å². The molecule has 1 N–H and O–H groups in total. The van der Waals surface area contributed by atoms with E-state index in [9.17, 15) is 4.79 Å². The summed E-state index contributed by atoms with van der Waals surface area (Å²) in [6, 6.07) is 0. The normalized spacial score (nSPS) is 10.2. The van der Waals surface area contributed by atoms with Crippen molar-refractivity contribution < 1.29 is 14.6 Å². The van der Waals surface area contributed by atoms with E-state index in [1.807, 2.05) is 19.0 Å². The molecule has 4 heteroatoms. The Morgan fingerprint density at radius 3 is 2.64 bits per heavy atom. The Balaban J connectivity index is 3.17. The number of esters is 1. The Kier molecular flexibility index (Phi) is 5.78. The van der Waals surface area contributed by atoms with E-state index in [0.717, 1.165) is 6.54 Å². The van der Waals surface area contributed by atoms with Gasteiger partial charge in [-0.3, -0.25) is 4.79 Å². The first-order valence-electron chi connectivity index (χ1n) is 3.58. The summed E-state index contributed by atoms with van der Waals surface area (Å²) in [5.74, 6) is -0.339. The number of likely N-dealkylation sites (N-methyl/N-ethyl adjacent to an activating group) is 1. The third-order valence-corrected chi connectivity index (χ3v) is 1.12. The molecule has 0 fully saturated rings. The molecule has 0 aromatic heterocycles. The summed E-state index contributed by atoms with van der Waals surface area (Å²) < 4.78 is 4.75. The maximum Gasteiger partial charge on any atom is 0.308 e. The highest BCUT2D eigenvalue weighted by Gasteiger charge is 2.00. The highest BCUT2D eigenvalue weighted by molar-refractivity contribution is 5.69. The van der Waals surface area contributed by atoms with Gasteiger partial charge in [0.1, 0.15) is 6.61 Å². The smallest absolute Gasteiger partial charge is 0.308 e. The first-order valence-corrected chi connectivity index (χ1v) is 3.58. The number of carbonyl (C=O) groups is 1. The van der Waals surface area contributed by atoms with Crippen molar-refractivity contribution in [1.29, 1.82) is 0 Å². The lowest BCUT2D eigenvalue weighted by Crippen LogP contribution is -2.20. The van der Waals surface area contributed by atoms with Crippen LogP contribution in [0.1, 0.15) is 6.42 Å². The van der Waals surface area contributed by atoms with E-state index in [4.69, 9.17) is 9.84 Å². The number of rotatable bonds is 5. The minimum atomic E-state index is -0.339. The predicted octanol–water partition coefficient (Wildman–Crippen LogP) is -0.526. The molecule has 0 aliphatic carbocycles. The van der Waals surface area contributed by atoms with Crippen LogP contribution < -0.4 is 0 Å². The maximum absolute atomic E-state index is 10.6. The molecule has 0 saturated heterocycles. The highest BCUT2D eigenvalue weighted by Crippen LogP contribution is 1.85. The number of hydrogen-bond acceptors (Lipinski definition) is 4. The second kappa shape index (κ2) is 6.12. The van der Waals surface area contributed by atoms with Crippen LogP contribution in [0, 0.1) is 0 Å². The molecule has 0 heterocycles. The molecule has 0 amide bonds. The van der Waals surface area contributed by atoms with E-state index in [-0.39, 0.29) is 19.0 Å². The number of ether oxygens (including phenoxy) is 1. The first-order chi connectivity index (χ1) is 5.16. The summed E-state index contributed by atoms with van der Waals surface area (Å²) in [7, 11) is 3.81. The van der Waals surface area contributed by atoms with Crippen molar-refractivity contribution in [3.8, 4) is 0 Å². The molecule has 0 aliphatic rings. The maximum atomic E-state index is 10.6. The number of aliphatic hydroxyl groups excluding tert-OH is 1. The Morgan fingerprint density at radius 1 is 1.55 bits per heavy atom. The van der Waals surface area contributed by atoms with Gasteiger partial charge >= 0.3 is 5.97 Å². The van der Waals surface area contributed by atoms with Crippen LogP contribution in [0.5, 0.6) is 0 Å². The van der Waals surface area contributed by atoms with E-state index < -0.39 is 0 Å². The lowest BCUT2D eigenvalue weighted by Gasteiger charge is -2.08. The molecule has 0 unspecified atom stereocenters. The van der Waals surface area contributed by atoms with Gasteiger partial charge in [0.05, 0.1) is 13.0 Å². The van der Waals surface area contributed by atoms with Gasteiger partial charge in [0.2, 0.25) is 0 Å². The molecular formula is C7H15NO3. The van der Waals surface area contributed by atoms with Crippen molar-refractivity contribution in [2.75, 3.05) is 33.9 Å². The second-order valence-corrected chi connectivity index (χ2v) is 2.50. The molecule has 0 atom stereocenters. The Morgan fingerprint density at radius 2 is 2.18 bits per heavy atom. The SMILES string of the molecule is CN(C)CCOC(=O)CCO. The number of nitrogens with zero attached hydrogens (tertiary/aromatic N) is 1. The van der Waals surface area contributed by atoms with Crippen LogP contribution >= 0.6 is 0 Å². The molecule has 0 bridgehead atoms. The molecule has 11 heavy (non-hydrogen) atoms. The van der Waals surface area contributed by atoms with Crippen molar-refractivity contribution in [1.82, 2.24) is 4.90 Å². The van der Waals surface area contributed by atoms with Crippen molar-refractivity contribution >= 4 is 5.97 Å². The molecule has 0 aliphatic heterocycles. The van der Waals surface area contributed by atoms with E-state index in [1.165, 1.54) is 0 Å². The fourth-order valence-corrected chi connectivity index (χ4v) is 0.506. The van der Waals surface area contributed by atoms with Gasteiger partial charge in [-0.15, -0.1) is 0 Å². The van der Waals surface area contributed by atoms with Gasteiger partial charge in [-0.05, 0) is 14.1 Å². The summed E-state index contributed by atoms with van der Waals surface area (Å²) in [5.41, 5.74) is 0. The van der Waals surface area contributed by atoms with E-state index in [1.54, 1.807) is 0 Å². The summed E-state index contributed by atoms with van der Waals surface area (Å²) in [5, 5.41) is 8.33. The summed E-state index contributed by atoms with van der Waals surface area (Å²) >= 11 is 0. The summed E-state index contributed by atoms with van der Waals surface area (Å²) in [4.78, 5) is 12.5. The standard InChI is InChI=1S/C7H15NO3/c1-8(2)4-6-11-7(10)3-5-9/h9H,3-6H2,1-2H3. The zero-order valence-electron chi connectivity index (χ0n) is 7.04. The van der Waals surface area contributed by atoms with Crippen molar-refractivity contribution in [2.45, 2.75) is 6.42 Å². The van der Waals surface area contributed by atoms with Crippen LogP contribution in [0.3, 0.4) is 0 Å². The van der Waals surface area contributed by atoms with Gasteiger partial charge in [0, 0.05) is 6.54 Å². The third kappa shape index (κ3) is 7.29. The largest absolute Gasteiger partial charge is 0.464 e. The Labute approximate surface area is 66.8 Å². The van der Waals surface area contributed by atoms with E-state index in [2.05, 4.69) is 0 Å². The van der Waals surface area contributed by atoms with Gasteiger partial charge in [0.15, 0.2) is 0 Å². The van der Waals surface area contributed by atoms with E-state index in [0.29, 0.717) is 6.61 Å². The summed E-state index contributed by atoms with van der Waals surface area (Å²) in [6.45, 7) is 0.976. The van der Waals surface area contributed by atoms with Crippen LogP contribution in [0.15, 0.2) is 0 Å². The monoisotopic (exact) mass is 161 g/mol. The van der Waals surface area contributed by atoms with Gasteiger partial charge in [0.25, 0.3) is 0 Å². The lowest BCUT2D eigenvalue weighted by atomic mass is 10.5. The van der Waals surface area contributed by atoms with Gasteiger partial charge in [-0.25, -0.2) is 0 Å². The third-order valence-electron chi connectivity index (χ3n) is 1.12. The molecule has 0 aromatic carbocycles. The summed E-state index contributed by atoms with van der Waals surface area (Å²) in [6.07, 6.45) is 0.0907. The lowest BCUT2D eigenvalue weighted by molar-refractivity contribution is -0.144. The van der Waals surface area contributed by atoms with Crippen LogP contribution in [0.2, 0.25) is 0 Å². The quantitative estimate of drug-likeness (QED) is 0.551. The average molecular weight is 161 g/mol. The van der Waals surface area contributed by atoms with Crippen molar-refractivity contribution in [3.63, 3.8) is 0 Å². The van der Waals surface area contributed by atoms with Crippen molar-refractivity contribution in [2.24, 2.45) is 0 Å². The fraction of sp³-hybridized carbons (Fsp3) is 0.857. The number of carbonyl (C=O) groups excluding carboxylic acids is 1. The molecule has 0 aromatic rings. The zero-order chi connectivity index (χ0) is 8.69. The topological polar surface area (TPSA) is 49.8 Å². The number of aliphatic hydroxyl groups is 1. The average Bonchev–Trinajstić information content (AvgIpc) is 1.87. The van der Waals surface area contributed by atoms with E-state index >= 15 is 0 Å². The molecular weight excluding hydrogens is 146 g/mol. The van der Waals surface area contributed by atoms with Crippen LogP contribution in [-0.2, 0) is 9.53 Å². The molecule has 0 radical (unpaired) electrons. The minimum absolute atomic E-state index is 0.0907. The van der Waals surface area contributed by atoms with Crippen LogP contribution in [0.4, 0.5) is 0 Å². The molecule has 0 spiro atoms. The molecule has 66 valence electrons. The van der Waals surface area contributed by atoms with Crippen molar-refractivity contribution in [3.05, 3.63) is 0 Å². The van der Waals surface area contributed by atoms with Gasteiger partial charge in [-0.2, -0.15) is 0 Å². The minimum Gasteiger partial charge on any atom is -0.464 e. The fourth-order valence-electron chi connectivity index (χ4n) is 0.506. The molecule has 4 nitrogen and oxygen atoms in total.